The monoisotopic (exact) mass is 637 g/mol. The third-order valence-corrected chi connectivity index (χ3v) is 8.68. The molecule has 0 aromatic heterocycles. The number of anilines is 2. The number of nitrogens with zero attached hydrogens (tertiary/aromatic N) is 1. The molecule has 13 heteroatoms. The molecule has 12 nitrogen and oxygen atoms in total. The van der Waals surface area contributed by atoms with E-state index in [4.69, 9.17) is 23.7 Å². The molecule has 0 spiro atoms. The molecule has 2 N–H and O–H groups in total. The number of hydrogen-bond donors (Lipinski definition) is 2. The minimum atomic E-state index is -3.88. The summed E-state index contributed by atoms with van der Waals surface area (Å²) in [4.78, 5) is 25.9. The second-order valence-corrected chi connectivity index (χ2v) is 11.5. The van der Waals surface area contributed by atoms with Crippen molar-refractivity contribution in [2.75, 3.05) is 65.4 Å². The number of nitrogens with one attached hydrogen (secondary N) is 2. The zero-order valence-corrected chi connectivity index (χ0v) is 26.2. The lowest BCUT2D eigenvalue weighted by molar-refractivity contribution is -0.112. The molecule has 1 aliphatic heterocycles. The maximum absolute atomic E-state index is 13.3. The minimum absolute atomic E-state index is 0.0394. The fourth-order valence-corrected chi connectivity index (χ4v) is 5.87. The minimum Gasteiger partial charge on any atom is -0.493 e. The molecule has 0 atom stereocenters. The lowest BCUT2D eigenvalue weighted by Gasteiger charge is -2.26. The molecule has 1 fully saturated rings. The molecular weight excluding hydrogens is 602 g/mol. The maximum Gasteiger partial charge on any atom is 0.248 e. The zero-order chi connectivity index (χ0) is 32.4. The number of ether oxygens (including phenoxy) is 5. The van der Waals surface area contributed by atoms with Gasteiger partial charge in [0.15, 0.2) is 23.0 Å². The predicted octanol–water partition coefficient (Wildman–Crippen LogP) is 4.05. The second-order valence-electron chi connectivity index (χ2n) is 9.60. The third-order valence-electron chi connectivity index (χ3n) is 6.78. The highest BCUT2D eigenvalue weighted by Crippen LogP contribution is 2.30. The Hall–Kier alpha value is -4.85. The Labute approximate surface area is 262 Å². The lowest BCUT2D eigenvalue weighted by atomic mass is 10.2. The summed E-state index contributed by atoms with van der Waals surface area (Å²) < 4.78 is 54.4. The molecule has 0 unspecified atom stereocenters. The van der Waals surface area contributed by atoms with Crippen LogP contribution in [-0.4, -0.2) is 79.3 Å². The van der Waals surface area contributed by atoms with Crippen LogP contribution >= 0.6 is 0 Å². The molecule has 1 heterocycles. The van der Waals surface area contributed by atoms with Gasteiger partial charge in [0.2, 0.25) is 21.8 Å². The Morgan fingerprint density at radius 2 is 1.18 bits per heavy atom. The van der Waals surface area contributed by atoms with E-state index >= 15 is 0 Å². The average Bonchev–Trinajstić information content (AvgIpc) is 3.07. The normalized spacial score (nSPS) is 13.9. The molecule has 0 saturated carbocycles. The molecule has 1 saturated heterocycles. The lowest BCUT2D eigenvalue weighted by Crippen LogP contribution is -2.40. The van der Waals surface area contributed by atoms with Crippen LogP contribution in [0.25, 0.3) is 12.2 Å². The molecule has 238 valence electrons. The number of rotatable bonds is 12. The third kappa shape index (κ3) is 8.41. The fraction of sp³-hybridized carbons (Fsp3) is 0.250. The first-order valence-electron chi connectivity index (χ1n) is 13.8. The van der Waals surface area contributed by atoms with Crippen molar-refractivity contribution >= 4 is 45.4 Å². The predicted molar refractivity (Wildman–Crippen MR) is 170 cm³/mol. The molecule has 0 aliphatic carbocycles. The van der Waals surface area contributed by atoms with Crippen molar-refractivity contribution in [2.24, 2.45) is 0 Å². The van der Waals surface area contributed by atoms with Crippen molar-refractivity contribution in [1.29, 1.82) is 0 Å². The van der Waals surface area contributed by atoms with Crippen LogP contribution < -0.4 is 29.6 Å². The van der Waals surface area contributed by atoms with Crippen molar-refractivity contribution in [1.82, 2.24) is 4.31 Å². The molecule has 45 heavy (non-hydrogen) atoms. The Balaban J connectivity index is 1.59. The maximum atomic E-state index is 13.3. The van der Waals surface area contributed by atoms with Gasteiger partial charge in [-0.05, 0) is 65.7 Å². The highest BCUT2D eigenvalue weighted by molar-refractivity contribution is 7.89. The van der Waals surface area contributed by atoms with Gasteiger partial charge in [0.05, 0.1) is 57.9 Å². The molecule has 0 bridgehead atoms. The number of hydrogen-bond acceptors (Lipinski definition) is 9. The fourth-order valence-electron chi connectivity index (χ4n) is 4.44. The molecule has 2 amide bonds. The van der Waals surface area contributed by atoms with Crippen LogP contribution in [0.3, 0.4) is 0 Å². The first-order valence-corrected chi connectivity index (χ1v) is 15.3. The van der Waals surface area contributed by atoms with Crippen LogP contribution in [0, 0.1) is 0 Å². The van der Waals surface area contributed by atoms with Crippen molar-refractivity contribution < 1.29 is 41.7 Å². The molecular formula is C32H35N3O9S. The summed E-state index contributed by atoms with van der Waals surface area (Å²) in [5.74, 6) is 1.02. The van der Waals surface area contributed by atoms with Gasteiger partial charge >= 0.3 is 0 Å². The largest absolute Gasteiger partial charge is 0.493 e. The van der Waals surface area contributed by atoms with Gasteiger partial charge in [-0.15, -0.1) is 0 Å². The van der Waals surface area contributed by atoms with E-state index < -0.39 is 21.8 Å². The Kier molecular flexibility index (Phi) is 11.2. The van der Waals surface area contributed by atoms with Gasteiger partial charge in [0, 0.05) is 25.2 Å². The van der Waals surface area contributed by atoms with Crippen molar-refractivity contribution in [3.8, 4) is 23.0 Å². The zero-order valence-electron chi connectivity index (χ0n) is 25.4. The van der Waals surface area contributed by atoms with E-state index in [1.165, 1.54) is 63.1 Å². The first-order chi connectivity index (χ1) is 21.7. The van der Waals surface area contributed by atoms with Gasteiger partial charge < -0.3 is 34.3 Å². The van der Waals surface area contributed by atoms with Gasteiger partial charge in [-0.2, -0.15) is 4.31 Å². The van der Waals surface area contributed by atoms with Crippen LogP contribution in [0.2, 0.25) is 0 Å². The second kappa shape index (κ2) is 15.2. The van der Waals surface area contributed by atoms with Crippen molar-refractivity contribution in [3.63, 3.8) is 0 Å². The topological polar surface area (TPSA) is 142 Å². The summed E-state index contributed by atoms with van der Waals surface area (Å²) in [6.07, 6.45) is 5.74. The van der Waals surface area contributed by atoms with Crippen LogP contribution in [0.15, 0.2) is 71.6 Å². The Morgan fingerprint density at radius 1 is 0.689 bits per heavy atom. The first kappa shape index (κ1) is 33.1. The number of methoxy groups -OCH3 is 4. The van der Waals surface area contributed by atoms with Gasteiger partial charge in [-0.25, -0.2) is 8.42 Å². The van der Waals surface area contributed by atoms with Gasteiger partial charge in [0.1, 0.15) is 0 Å². The summed E-state index contributed by atoms with van der Waals surface area (Å²) in [7, 11) is 2.19. The van der Waals surface area contributed by atoms with Crippen LogP contribution in [0.1, 0.15) is 11.1 Å². The Morgan fingerprint density at radius 3 is 1.67 bits per heavy atom. The molecule has 3 aromatic rings. The van der Waals surface area contributed by atoms with E-state index in [1.54, 1.807) is 48.6 Å². The summed E-state index contributed by atoms with van der Waals surface area (Å²) in [5, 5.41) is 5.41. The molecule has 3 aromatic carbocycles. The van der Waals surface area contributed by atoms with E-state index in [1.807, 2.05) is 0 Å². The van der Waals surface area contributed by atoms with E-state index in [-0.39, 0.29) is 42.6 Å². The quantitative estimate of drug-likeness (QED) is 0.282. The SMILES string of the molecule is COc1ccc(C=CC(=O)Nc2ccc(S(=O)(=O)N3CCOCC3)cc2NC(=O)C=Cc2ccc(OC)c(OC)c2)cc1OC. The van der Waals surface area contributed by atoms with Gasteiger partial charge in [-0.1, -0.05) is 12.1 Å². The van der Waals surface area contributed by atoms with E-state index in [2.05, 4.69) is 10.6 Å². The van der Waals surface area contributed by atoms with Gasteiger partial charge in [-0.3, -0.25) is 9.59 Å². The number of sulfonamides is 1. The van der Waals surface area contributed by atoms with Crippen molar-refractivity contribution in [2.45, 2.75) is 4.90 Å². The van der Waals surface area contributed by atoms with Crippen LogP contribution in [-0.2, 0) is 24.3 Å². The molecule has 1 aliphatic rings. The highest BCUT2D eigenvalue weighted by atomic mass is 32.2. The highest BCUT2D eigenvalue weighted by Gasteiger charge is 2.27. The number of carbonyl (C=O) groups excluding carboxylic acids is 2. The number of amides is 2. The van der Waals surface area contributed by atoms with E-state index in [0.29, 0.717) is 34.1 Å². The van der Waals surface area contributed by atoms with E-state index in [9.17, 15) is 18.0 Å². The molecule has 0 radical (unpaired) electrons. The summed E-state index contributed by atoms with van der Waals surface area (Å²) in [6, 6.07) is 14.5. The standard InChI is InChI=1S/C32H35N3O9S/c1-40-27-11-5-22(19-29(27)42-3)7-13-31(36)33-25-10-9-24(45(38,39)35-15-17-44-18-16-35)21-26(25)34-32(37)14-8-23-6-12-28(41-2)30(20-23)43-4/h5-14,19-21H,15-18H2,1-4H3,(H,33,36)(H,34,37). The summed E-state index contributed by atoms with van der Waals surface area (Å²) in [5.41, 5.74) is 1.65. The average molecular weight is 638 g/mol. The van der Waals surface area contributed by atoms with Gasteiger partial charge in [0.25, 0.3) is 0 Å². The number of carbonyl (C=O) groups is 2. The summed E-state index contributed by atoms with van der Waals surface area (Å²) in [6.45, 7) is 0.976. The Bertz CT molecular complexity index is 1700. The number of benzene rings is 3. The molecule has 4 rings (SSSR count). The van der Waals surface area contributed by atoms with Crippen molar-refractivity contribution in [3.05, 3.63) is 77.9 Å². The summed E-state index contributed by atoms with van der Waals surface area (Å²) >= 11 is 0. The van der Waals surface area contributed by atoms with E-state index in [0.717, 1.165) is 0 Å². The smallest absolute Gasteiger partial charge is 0.248 e. The number of morpholine rings is 1. The van der Waals surface area contributed by atoms with Crippen LogP contribution in [0.4, 0.5) is 11.4 Å². The van der Waals surface area contributed by atoms with Crippen LogP contribution in [0.5, 0.6) is 23.0 Å².